The zero-order valence-corrected chi connectivity index (χ0v) is 26.7. The largest absolute Gasteiger partial charge is 0.348 e. The summed E-state index contributed by atoms with van der Waals surface area (Å²) < 4.78 is 1.82. The van der Waals surface area contributed by atoms with Crippen molar-refractivity contribution < 1.29 is 14.4 Å². The molecule has 0 spiro atoms. The number of allylic oxidation sites excluding steroid dienone is 1. The third-order valence-corrected chi connectivity index (χ3v) is 9.60. The number of rotatable bonds is 12. The monoisotopic (exact) mass is 648 g/mol. The van der Waals surface area contributed by atoms with Crippen LogP contribution in [0.25, 0.3) is 0 Å². The van der Waals surface area contributed by atoms with Crippen molar-refractivity contribution >= 4 is 57.4 Å². The van der Waals surface area contributed by atoms with E-state index >= 15 is 0 Å². The van der Waals surface area contributed by atoms with Gasteiger partial charge in [-0.1, -0.05) is 59.8 Å². The number of nitrogens with zero attached hydrogens (tertiary/aromatic N) is 3. The number of hydrogen-bond acceptors (Lipinski definition) is 7. The number of fused-ring (bicyclic) bond motifs is 1. The van der Waals surface area contributed by atoms with Gasteiger partial charge in [-0.25, -0.2) is 0 Å². The van der Waals surface area contributed by atoms with Crippen LogP contribution in [0.3, 0.4) is 0 Å². The zero-order chi connectivity index (χ0) is 31.1. The van der Waals surface area contributed by atoms with Crippen molar-refractivity contribution in [3.05, 3.63) is 105 Å². The molecule has 0 fully saturated rings. The Labute approximate surface area is 269 Å². The number of aryl methyl sites for hydroxylation is 1. The predicted molar refractivity (Wildman–Crippen MR) is 175 cm³/mol. The van der Waals surface area contributed by atoms with E-state index in [1.54, 1.807) is 30.3 Å². The number of hydrogen-bond donors (Lipinski definition) is 3. The highest BCUT2D eigenvalue weighted by molar-refractivity contribution is 7.99. The Balaban J connectivity index is 1.25. The van der Waals surface area contributed by atoms with Crippen LogP contribution in [-0.4, -0.2) is 38.2 Å². The predicted octanol–water partition coefficient (Wildman–Crippen LogP) is 6.21. The lowest BCUT2D eigenvalue weighted by molar-refractivity contribution is -0.113. The van der Waals surface area contributed by atoms with Gasteiger partial charge in [0.15, 0.2) is 11.0 Å². The first-order valence-corrected chi connectivity index (χ1v) is 16.5. The summed E-state index contributed by atoms with van der Waals surface area (Å²) in [5.74, 6) is -0.0867. The molecule has 44 heavy (non-hydrogen) atoms. The maximum Gasteiger partial charge on any atom is 0.254 e. The molecular formula is C32H33ClN6O3S2. The molecule has 4 aromatic rings. The summed E-state index contributed by atoms with van der Waals surface area (Å²) in [6, 6.07) is 15.9. The first-order chi connectivity index (χ1) is 21.3. The van der Waals surface area contributed by atoms with Gasteiger partial charge in [0.05, 0.1) is 17.4 Å². The first-order valence-electron chi connectivity index (χ1n) is 14.3. The van der Waals surface area contributed by atoms with Crippen LogP contribution >= 0.6 is 34.7 Å². The molecule has 228 valence electrons. The van der Waals surface area contributed by atoms with Gasteiger partial charge in [0.1, 0.15) is 5.00 Å². The highest BCUT2D eigenvalue weighted by atomic mass is 35.5. The number of nitrogens with one attached hydrogen (secondary N) is 3. The summed E-state index contributed by atoms with van der Waals surface area (Å²) in [5.41, 5.74) is 3.10. The summed E-state index contributed by atoms with van der Waals surface area (Å²) in [5, 5.41) is 19.2. The summed E-state index contributed by atoms with van der Waals surface area (Å²) >= 11 is 8.66. The third kappa shape index (κ3) is 7.58. The first kappa shape index (κ1) is 31.5. The zero-order valence-electron chi connectivity index (χ0n) is 24.3. The maximum absolute atomic E-state index is 13.4. The van der Waals surface area contributed by atoms with Crippen molar-refractivity contribution in [1.82, 2.24) is 25.4 Å². The molecular weight excluding hydrogens is 616 g/mol. The van der Waals surface area contributed by atoms with Gasteiger partial charge in [-0.05, 0) is 68.0 Å². The number of carbonyl (C=O) groups excluding carboxylic acids is 3. The van der Waals surface area contributed by atoms with Gasteiger partial charge >= 0.3 is 0 Å². The van der Waals surface area contributed by atoms with Crippen molar-refractivity contribution in [3.63, 3.8) is 0 Å². The number of anilines is 1. The fourth-order valence-corrected chi connectivity index (χ4v) is 7.21. The van der Waals surface area contributed by atoms with E-state index < -0.39 is 6.04 Å². The second-order valence-corrected chi connectivity index (χ2v) is 12.8. The van der Waals surface area contributed by atoms with E-state index in [1.165, 1.54) is 23.1 Å². The number of thioether (sulfide) groups is 1. The lowest BCUT2D eigenvalue weighted by Gasteiger charge is -2.15. The second kappa shape index (κ2) is 14.7. The minimum atomic E-state index is -0.455. The molecule has 0 saturated heterocycles. The SMILES string of the molecule is C=CCn1c(SCC(=O)Nc2sc3c(c2C(=O)NCc2ccccc2)CCCC3)nnc1[C@@H](C)NC(=O)c1ccc(Cl)cc1. The molecule has 0 unspecified atom stereocenters. The molecule has 9 nitrogen and oxygen atoms in total. The van der Waals surface area contributed by atoms with Crippen molar-refractivity contribution in [2.24, 2.45) is 0 Å². The Morgan fingerprint density at radius 2 is 1.82 bits per heavy atom. The van der Waals surface area contributed by atoms with Crippen LogP contribution < -0.4 is 16.0 Å². The minimum Gasteiger partial charge on any atom is -0.348 e. The number of aromatic nitrogens is 3. The van der Waals surface area contributed by atoms with Crippen molar-refractivity contribution in [1.29, 1.82) is 0 Å². The van der Waals surface area contributed by atoms with E-state index in [-0.39, 0.29) is 23.5 Å². The second-order valence-electron chi connectivity index (χ2n) is 10.4. The molecule has 0 aliphatic heterocycles. The van der Waals surface area contributed by atoms with E-state index in [0.717, 1.165) is 41.7 Å². The lowest BCUT2D eigenvalue weighted by Crippen LogP contribution is -2.28. The molecule has 0 radical (unpaired) electrons. The van der Waals surface area contributed by atoms with Crippen molar-refractivity contribution in [3.8, 4) is 0 Å². The maximum atomic E-state index is 13.4. The summed E-state index contributed by atoms with van der Waals surface area (Å²) in [6.45, 7) is 6.47. The molecule has 2 heterocycles. The molecule has 3 amide bonds. The van der Waals surface area contributed by atoms with Gasteiger partial charge in [-0.3, -0.25) is 14.4 Å². The van der Waals surface area contributed by atoms with Crippen LogP contribution in [-0.2, 0) is 30.7 Å². The summed E-state index contributed by atoms with van der Waals surface area (Å²) in [7, 11) is 0. The number of benzene rings is 2. The molecule has 1 aliphatic rings. The Morgan fingerprint density at radius 3 is 2.57 bits per heavy atom. The van der Waals surface area contributed by atoms with Crippen LogP contribution in [0.4, 0.5) is 5.00 Å². The van der Waals surface area contributed by atoms with Gasteiger partial charge in [-0.15, -0.1) is 28.1 Å². The molecule has 1 atom stereocenters. The van der Waals surface area contributed by atoms with Gasteiger partial charge in [-0.2, -0.15) is 0 Å². The van der Waals surface area contributed by atoms with E-state index in [0.29, 0.717) is 45.2 Å². The number of thiophene rings is 1. The fourth-order valence-electron chi connectivity index (χ4n) is 5.03. The molecule has 1 aliphatic carbocycles. The molecule has 5 rings (SSSR count). The van der Waals surface area contributed by atoms with Crippen LogP contribution in [0.5, 0.6) is 0 Å². The van der Waals surface area contributed by atoms with Gasteiger partial charge in [0.2, 0.25) is 5.91 Å². The Kier molecular flexibility index (Phi) is 10.5. The summed E-state index contributed by atoms with van der Waals surface area (Å²) in [6.07, 6.45) is 5.53. The highest BCUT2D eigenvalue weighted by Gasteiger charge is 2.27. The number of carbonyl (C=O) groups is 3. The van der Waals surface area contributed by atoms with Gasteiger partial charge in [0.25, 0.3) is 11.8 Å². The Hall–Kier alpha value is -3.93. The highest BCUT2D eigenvalue weighted by Crippen LogP contribution is 2.38. The molecule has 0 saturated carbocycles. The van der Waals surface area contributed by atoms with E-state index in [9.17, 15) is 14.4 Å². The topological polar surface area (TPSA) is 118 Å². The van der Waals surface area contributed by atoms with Crippen molar-refractivity contribution in [2.45, 2.75) is 56.9 Å². The van der Waals surface area contributed by atoms with Gasteiger partial charge < -0.3 is 20.5 Å². The molecule has 3 N–H and O–H groups in total. The molecule has 12 heteroatoms. The molecule has 2 aromatic heterocycles. The average molecular weight is 649 g/mol. The fraction of sp³-hybridized carbons (Fsp3) is 0.281. The van der Waals surface area contributed by atoms with Crippen LogP contribution in [0.2, 0.25) is 5.02 Å². The number of halogens is 1. The third-order valence-electron chi connectivity index (χ3n) is 7.18. The molecule has 2 aromatic carbocycles. The van der Waals surface area contributed by atoms with Crippen LogP contribution in [0.1, 0.15) is 68.4 Å². The number of amides is 3. The smallest absolute Gasteiger partial charge is 0.254 e. The lowest BCUT2D eigenvalue weighted by atomic mass is 9.95. The van der Waals surface area contributed by atoms with Crippen molar-refractivity contribution in [2.75, 3.05) is 11.1 Å². The standard InChI is InChI=1S/C32H33ClN6O3S2/c1-3-17-39-28(20(2)35-29(41)22-13-15-23(33)16-14-22)37-38-32(39)43-19-26(40)36-31-27(24-11-7-8-12-25(24)44-31)30(42)34-18-21-9-5-4-6-10-21/h3-6,9-10,13-16,20H,1,7-8,11-12,17-19H2,2H3,(H,34,42)(H,35,41)(H,36,40)/t20-/m1/s1. The van der Waals surface area contributed by atoms with E-state index in [4.69, 9.17) is 11.6 Å². The van der Waals surface area contributed by atoms with Crippen LogP contribution in [0, 0.1) is 0 Å². The Bertz CT molecular complexity index is 1650. The molecule has 0 bridgehead atoms. The minimum absolute atomic E-state index is 0.0639. The normalized spacial score (nSPS) is 13.0. The average Bonchev–Trinajstić information content (AvgIpc) is 3.60. The van der Waals surface area contributed by atoms with Gasteiger partial charge in [0, 0.05) is 28.6 Å². The van der Waals surface area contributed by atoms with E-state index in [2.05, 4.69) is 32.7 Å². The van der Waals surface area contributed by atoms with Crippen LogP contribution in [0.15, 0.2) is 72.4 Å². The quantitative estimate of drug-likeness (QED) is 0.124. The summed E-state index contributed by atoms with van der Waals surface area (Å²) in [4.78, 5) is 40.5. The van der Waals surface area contributed by atoms with E-state index in [1.807, 2.05) is 41.8 Å². The Morgan fingerprint density at radius 1 is 1.07 bits per heavy atom.